The molecular formula is C13H17NO2. The maximum Gasteiger partial charge on any atom is 0.142 e. The minimum atomic E-state index is -0.284. The van der Waals surface area contributed by atoms with Gasteiger partial charge in [-0.05, 0) is 19.4 Å². The molecule has 1 aromatic carbocycles. The molecule has 0 amide bonds. The summed E-state index contributed by atoms with van der Waals surface area (Å²) in [6.07, 6.45) is 0. The summed E-state index contributed by atoms with van der Waals surface area (Å²) in [7, 11) is 0. The Morgan fingerprint density at radius 3 is 2.44 bits per heavy atom. The molecule has 1 atom stereocenters. The van der Waals surface area contributed by atoms with E-state index in [1.165, 1.54) is 0 Å². The van der Waals surface area contributed by atoms with Gasteiger partial charge in [-0.3, -0.25) is 9.79 Å². The number of ketones is 1. The first kappa shape index (κ1) is 12.6. The molecular weight excluding hydrogens is 202 g/mol. The first-order valence-electron chi connectivity index (χ1n) is 5.34. The molecule has 0 saturated carbocycles. The van der Waals surface area contributed by atoms with Gasteiger partial charge in [0.2, 0.25) is 0 Å². The van der Waals surface area contributed by atoms with Crippen molar-refractivity contribution in [2.45, 2.75) is 19.8 Å². The zero-order chi connectivity index (χ0) is 12.0. The van der Waals surface area contributed by atoms with E-state index in [1.807, 2.05) is 37.3 Å². The highest BCUT2D eigenvalue weighted by Gasteiger charge is 2.19. The second-order valence-electron chi connectivity index (χ2n) is 3.70. The second-order valence-corrected chi connectivity index (χ2v) is 3.70. The van der Waals surface area contributed by atoms with Crippen molar-refractivity contribution in [2.24, 2.45) is 4.99 Å². The molecule has 1 unspecified atom stereocenters. The molecule has 3 heteroatoms. The number of aliphatic imine (C=N–C) groups is 1. The van der Waals surface area contributed by atoms with Crippen LogP contribution >= 0.6 is 0 Å². The predicted molar refractivity (Wildman–Crippen MR) is 64.9 cm³/mol. The van der Waals surface area contributed by atoms with Gasteiger partial charge in [-0.1, -0.05) is 30.3 Å². The molecule has 0 aliphatic rings. The van der Waals surface area contributed by atoms with E-state index in [-0.39, 0.29) is 18.3 Å². The van der Waals surface area contributed by atoms with E-state index in [4.69, 9.17) is 5.11 Å². The molecule has 1 aromatic rings. The zero-order valence-corrected chi connectivity index (χ0v) is 9.68. The predicted octanol–water partition coefficient (Wildman–Crippen LogP) is 1.81. The molecule has 0 bridgehead atoms. The summed E-state index contributed by atoms with van der Waals surface area (Å²) >= 11 is 0. The van der Waals surface area contributed by atoms with E-state index in [0.717, 1.165) is 11.3 Å². The van der Waals surface area contributed by atoms with Gasteiger partial charge >= 0.3 is 0 Å². The number of carbonyl (C=O) groups is 1. The lowest BCUT2D eigenvalue weighted by Crippen LogP contribution is -2.18. The molecule has 0 aliphatic heterocycles. The average Bonchev–Trinajstić information content (AvgIpc) is 2.27. The Morgan fingerprint density at radius 2 is 1.94 bits per heavy atom. The number of hydrogen-bond donors (Lipinski definition) is 1. The van der Waals surface area contributed by atoms with Crippen molar-refractivity contribution < 1.29 is 9.90 Å². The third-order valence-corrected chi connectivity index (χ3v) is 2.42. The summed E-state index contributed by atoms with van der Waals surface area (Å²) in [4.78, 5) is 15.8. The first-order valence-corrected chi connectivity index (χ1v) is 5.34. The molecule has 0 fully saturated rings. The smallest absolute Gasteiger partial charge is 0.142 e. The Hall–Kier alpha value is -1.48. The standard InChI is InChI=1S/C13H17NO2/c1-10(14-8-9-15)13(11(2)16)12-6-4-3-5-7-12/h3-7,13,15H,8-9H2,1-2H3. The first-order chi connectivity index (χ1) is 7.66. The zero-order valence-electron chi connectivity index (χ0n) is 9.68. The fourth-order valence-corrected chi connectivity index (χ4v) is 1.73. The van der Waals surface area contributed by atoms with Gasteiger partial charge in [0.15, 0.2) is 0 Å². The Morgan fingerprint density at radius 1 is 1.31 bits per heavy atom. The van der Waals surface area contributed by atoms with E-state index in [1.54, 1.807) is 6.92 Å². The monoisotopic (exact) mass is 219 g/mol. The maximum absolute atomic E-state index is 11.6. The maximum atomic E-state index is 11.6. The highest BCUT2D eigenvalue weighted by Crippen LogP contribution is 2.18. The van der Waals surface area contributed by atoms with Gasteiger partial charge in [-0.25, -0.2) is 0 Å². The van der Waals surface area contributed by atoms with Crippen LogP contribution in [0.3, 0.4) is 0 Å². The minimum absolute atomic E-state index is 0.0107. The summed E-state index contributed by atoms with van der Waals surface area (Å²) in [5.41, 5.74) is 1.71. The lowest BCUT2D eigenvalue weighted by molar-refractivity contribution is -0.117. The van der Waals surface area contributed by atoms with Crippen molar-refractivity contribution in [1.29, 1.82) is 0 Å². The number of aliphatic hydroxyl groups is 1. The lowest BCUT2D eigenvalue weighted by atomic mass is 9.91. The third kappa shape index (κ3) is 3.28. The van der Waals surface area contributed by atoms with Crippen LogP contribution in [0.2, 0.25) is 0 Å². The summed E-state index contributed by atoms with van der Waals surface area (Å²) in [5, 5.41) is 8.71. The van der Waals surface area contributed by atoms with Crippen LogP contribution in [0.25, 0.3) is 0 Å². The number of aliphatic hydroxyl groups excluding tert-OH is 1. The average molecular weight is 219 g/mol. The largest absolute Gasteiger partial charge is 0.394 e. The van der Waals surface area contributed by atoms with Crippen molar-refractivity contribution in [2.75, 3.05) is 13.2 Å². The molecule has 0 radical (unpaired) electrons. The fourth-order valence-electron chi connectivity index (χ4n) is 1.73. The number of Topliss-reactive ketones (excluding diaryl/α,β-unsaturated/α-hetero) is 1. The summed E-state index contributed by atoms with van der Waals surface area (Å²) in [6.45, 7) is 3.75. The SMILES string of the molecule is CC(=O)C(C(C)=NCCO)c1ccccc1. The molecule has 1 rings (SSSR count). The number of hydrogen-bond acceptors (Lipinski definition) is 3. The summed E-state index contributed by atoms with van der Waals surface area (Å²) in [6, 6.07) is 9.57. The molecule has 0 heterocycles. The highest BCUT2D eigenvalue weighted by molar-refractivity contribution is 6.08. The van der Waals surface area contributed by atoms with E-state index in [0.29, 0.717) is 6.54 Å². The minimum Gasteiger partial charge on any atom is -0.394 e. The molecule has 0 aromatic heterocycles. The molecule has 0 aliphatic carbocycles. The summed E-state index contributed by atoms with van der Waals surface area (Å²) < 4.78 is 0. The number of carbonyl (C=O) groups excluding carboxylic acids is 1. The van der Waals surface area contributed by atoms with E-state index in [2.05, 4.69) is 4.99 Å². The normalized spacial score (nSPS) is 13.6. The van der Waals surface area contributed by atoms with Gasteiger partial charge in [0.05, 0.1) is 19.1 Å². The van der Waals surface area contributed by atoms with Crippen LogP contribution in [0, 0.1) is 0 Å². The van der Waals surface area contributed by atoms with Crippen LogP contribution < -0.4 is 0 Å². The Bertz CT molecular complexity index is 371. The van der Waals surface area contributed by atoms with Crippen molar-refractivity contribution >= 4 is 11.5 Å². The van der Waals surface area contributed by atoms with Crippen LogP contribution in [0.4, 0.5) is 0 Å². The topological polar surface area (TPSA) is 49.7 Å². The van der Waals surface area contributed by atoms with Crippen LogP contribution in [0.15, 0.2) is 35.3 Å². The Labute approximate surface area is 95.8 Å². The van der Waals surface area contributed by atoms with Gasteiger partial charge < -0.3 is 5.11 Å². The lowest BCUT2D eigenvalue weighted by Gasteiger charge is -2.14. The molecule has 0 spiro atoms. The summed E-state index contributed by atoms with van der Waals surface area (Å²) in [5.74, 6) is -0.210. The quantitative estimate of drug-likeness (QED) is 0.768. The number of rotatable bonds is 5. The van der Waals surface area contributed by atoms with Crippen LogP contribution in [-0.4, -0.2) is 29.8 Å². The van der Waals surface area contributed by atoms with Crippen LogP contribution in [0.1, 0.15) is 25.3 Å². The van der Waals surface area contributed by atoms with E-state index < -0.39 is 0 Å². The number of nitrogens with zero attached hydrogens (tertiary/aromatic N) is 1. The van der Waals surface area contributed by atoms with Gasteiger partial charge in [0.1, 0.15) is 5.78 Å². The van der Waals surface area contributed by atoms with Crippen LogP contribution in [-0.2, 0) is 4.79 Å². The molecule has 3 nitrogen and oxygen atoms in total. The molecule has 86 valence electrons. The molecule has 16 heavy (non-hydrogen) atoms. The Kier molecular flexibility index (Phi) is 4.86. The molecule has 0 saturated heterocycles. The third-order valence-electron chi connectivity index (χ3n) is 2.42. The van der Waals surface area contributed by atoms with Crippen molar-refractivity contribution in [1.82, 2.24) is 0 Å². The van der Waals surface area contributed by atoms with Crippen LogP contribution in [0.5, 0.6) is 0 Å². The van der Waals surface area contributed by atoms with Crippen molar-refractivity contribution in [3.05, 3.63) is 35.9 Å². The van der Waals surface area contributed by atoms with Gasteiger partial charge in [-0.15, -0.1) is 0 Å². The van der Waals surface area contributed by atoms with Crippen molar-refractivity contribution in [3.8, 4) is 0 Å². The fraction of sp³-hybridized carbons (Fsp3) is 0.385. The van der Waals surface area contributed by atoms with Gasteiger partial charge in [0, 0.05) is 5.71 Å². The highest BCUT2D eigenvalue weighted by atomic mass is 16.3. The van der Waals surface area contributed by atoms with Gasteiger partial charge in [-0.2, -0.15) is 0 Å². The van der Waals surface area contributed by atoms with Gasteiger partial charge in [0.25, 0.3) is 0 Å². The second kappa shape index (κ2) is 6.18. The van der Waals surface area contributed by atoms with E-state index in [9.17, 15) is 4.79 Å². The molecule has 1 N–H and O–H groups in total. The van der Waals surface area contributed by atoms with Crippen molar-refractivity contribution in [3.63, 3.8) is 0 Å². The Balaban J connectivity index is 2.97. The number of benzene rings is 1. The van der Waals surface area contributed by atoms with E-state index >= 15 is 0 Å².